The van der Waals surface area contributed by atoms with Crippen LogP contribution in [0.4, 0.5) is 5.00 Å². The zero-order valence-electron chi connectivity index (χ0n) is 19.1. The maximum absolute atomic E-state index is 14.0. The van der Waals surface area contributed by atoms with Crippen molar-refractivity contribution >= 4 is 42.3 Å². The average molecular weight is 530 g/mol. The summed E-state index contributed by atoms with van der Waals surface area (Å²) in [5.74, 6) is -1.63. The fraction of sp³-hybridized carbons (Fsp3) is 0.250. The van der Waals surface area contributed by atoms with E-state index in [1.165, 1.54) is 4.31 Å². The average Bonchev–Trinajstić information content (AvgIpc) is 3.16. The SMILES string of the molecule is CS(=O)(=O)N1CCc2c(sc(N(C(=O)C(c3ccccc3)c3ccccc3)S(C)(=O)=O)c2C#N)C1. The van der Waals surface area contributed by atoms with Crippen molar-refractivity contribution in [2.24, 2.45) is 0 Å². The van der Waals surface area contributed by atoms with Crippen molar-refractivity contribution in [1.82, 2.24) is 4.31 Å². The molecule has 1 amide bonds. The summed E-state index contributed by atoms with van der Waals surface area (Å²) in [4.78, 5) is 14.6. The maximum atomic E-state index is 14.0. The molecule has 0 fully saturated rings. The van der Waals surface area contributed by atoms with Gasteiger partial charge in [0.1, 0.15) is 11.1 Å². The van der Waals surface area contributed by atoms with Crippen molar-refractivity contribution in [3.05, 3.63) is 87.8 Å². The molecular formula is C24H23N3O5S3. The van der Waals surface area contributed by atoms with Gasteiger partial charge in [-0.25, -0.2) is 16.8 Å². The van der Waals surface area contributed by atoms with Gasteiger partial charge < -0.3 is 0 Å². The van der Waals surface area contributed by atoms with E-state index in [-0.39, 0.29) is 30.1 Å². The summed E-state index contributed by atoms with van der Waals surface area (Å²) in [6, 6.07) is 19.8. The summed E-state index contributed by atoms with van der Waals surface area (Å²) in [5, 5.41) is 9.95. The summed E-state index contributed by atoms with van der Waals surface area (Å²) in [5.41, 5.74) is 1.91. The molecular weight excluding hydrogens is 506 g/mol. The molecule has 0 atom stereocenters. The minimum Gasteiger partial charge on any atom is -0.272 e. The number of benzene rings is 2. The number of nitrogens with zero attached hydrogens (tertiary/aromatic N) is 3. The van der Waals surface area contributed by atoms with Crippen LogP contribution in [0.15, 0.2) is 60.7 Å². The largest absolute Gasteiger partial charge is 0.272 e. The van der Waals surface area contributed by atoms with E-state index in [0.717, 1.165) is 23.8 Å². The van der Waals surface area contributed by atoms with Gasteiger partial charge in [-0.2, -0.15) is 13.9 Å². The van der Waals surface area contributed by atoms with Crippen molar-refractivity contribution < 1.29 is 21.6 Å². The van der Waals surface area contributed by atoms with Crippen molar-refractivity contribution in [3.8, 4) is 6.07 Å². The van der Waals surface area contributed by atoms with Crippen molar-refractivity contribution in [2.45, 2.75) is 18.9 Å². The van der Waals surface area contributed by atoms with Gasteiger partial charge in [0.15, 0.2) is 0 Å². The van der Waals surface area contributed by atoms with Gasteiger partial charge in [0, 0.05) is 18.0 Å². The highest BCUT2D eigenvalue weighted by molar-refractivity contribution is 7.93. The molecule has 0 unspecified atom stereocenters. The van der Waals surface area contributed by atoms with Crippen molar-refractivity contribution in [2.75, 3.05) is 23.4 Å². The van der Waals surface area contributed by atoms with Gasteiger partial charge in [-0.3, -0.25) is 4.79 Å². The number of anilines is 1. The highest BCUT2D eigenvalue weighted by Gasteiger charge is 2.38. The van der Waals surface area contributed by atoms with Crippen LogP contribution in [0.1, 0.15) is 33.0 Å². The molecule has 182 valence electrons. The molecule has 0 aliphatic carbocycles. The molecule has 0 N–H and O–H groups in total. The van der Waals surface area contributed by atoms with Gasteiger partial charge in [0.25, 0.3) is 5.91 Å². The summed E-state index contributed by atoms with van der Waals surface area (Å²) < 4.78 is 52.2. The molecule has 11 heteroatoms. The number of hydrogen-bond acceptors (Lipinski definition) is 7. The molecule has 8 nitrogen and oxygen atoms in total. The third kappa shape index (κ3) is 5.01. The molecule has 2 heterocycles. The normalized spacial score (nSPS) is 14.3. The maximum Gasteiger partial charge on any atom is 0.253 e. The number of thiophene rings is 1. The predicted octanol–water partition coefficient (Wildman–Crippen LogP) is 3.06. The topological polar surface area (TPSA) is 116 Å². The lowest BCUT2D eigenvalue weighted by molar-refractivity contribution is -0.118. The smallest absolute Gasteiger partial charge is 0.253 e. The number of fused-ring (bicyclic) bond motifs is 1. The van der Waals surface area contributed by atoms with Gasteiger partial charge in [-0.15, -0.1) is 11.3 Å². The Kier molecular flexibility index (Phi) is 6.83. The molecule has 0 bridgehead atoms. The molecule has 0 radical (unpaired) electrons. The second-order valence-electron chi connectivity index (χ2n) is 8.26. The van der Waals surface area contributed by atoms with Crippen LogP contribution in [0.2, 0.25) is 0 Å². The Morgan fingerprint density at radius 2 is 1.54 bits per heavy atom. The van der Waals surface area contributed by atoms with E-state index in [4.69, 9.17) is 0 Å². The van der Waals surface area contributed by atoms with Gasteiger partial charge in [0.05, 0.1) is 24.0 Å². The molecule has 0 saturated carbocycles. The first-order chi connectivity index (χ1) is 16.5. The van der Waals surface area contributed by atoms with E-state index in [1.54, 1.807) is 60.7 Å². The molecule has 0 saturated heterocycles. The van der Waals surface area contributed by atoms with Gasteiger partial charge >= 0.3 is 0 Å². The van der Waals surface area contributed by atoms with Crippen molar-refractivity contribution in [1.29, 1.82) is 5.26 Å². The van der Waals surface area contributed by atoms with Gasteiger partial charge in [0.2, 0.25) is 20.0 Å². The van der Waals surface area contributed by atoms with Crippen LogP contribution in [0.25, 0.3) is 0 Å². The third-order valence-corrected chi connectivity index (χ3v) is 9.41. The Labute approximate surface area is 209 Å². The van der Waals surface area contributed by atoms with E-state index in [0.29, 0.717) is 25.9 Å². The monoisotopic (exact) mass is 529 g/mol. The van der Waals surface area contributed by atoms with Crippen LogP contribution in [-0.4, -0.2) is 46.1 Å². The summed E-state index contributed by atoms with van der Waals surface area (Å²) in [6.45, 7) is 0.209. The first-order valence-electron chi connectivity index (χ1n) is 10.7. The van der Waals surface area contributed by atoms with Crippen LogP contribution in [0.3, 0.4) is 0 Å². The number of hydrogen-bond donors (Lipinski definition) is 0. The minimum absolute atomic E-state index is 0.00258. The Balaban J connectivity index is 1.88. The summed E-state index contributed by atoms with van der Waals surface area (Å²) >= 11 is 0.975. The van der Waals surface area contributed by atoms with Gasteiger partial charge in [-0.1, -0.05) is 60.7 Å². The van der Waals surface area contributed by atoms with Crippen LogP contribution in [0, 0.1) is 11.3 Å². The molecule has 4 rings (SSSR count). The first-order valence-corrected chi connectivity index (χ1v) is 15.2. The van der Waals surface area contributed by atoms with E-state index < -0.39 is 31.9 Å². The minimum atomic E-state index is -4.14. The number of carbonyl (C=O) groups is 1. The van der Waals surface area contributed by atoms with E-state index >= 15 is 0 Å². The van der Waals surface area contributed by atoms with Crippen molar-refractivity contribution in [3.63, 3.8) is 0 Å². The zero-order valence-corrected chi connectivity index (χ0v) is 21.5. The second kappa shape index (κ2) is 9.54. The van der Waals surface area contributed by atoms with Crippen LogP contribution in [0.5, 0.6) is 0 Å². The van der Waals surface area contributed by atoms with Gasteiger partial charge in [-0.05, 0) is 23.1 Å². The standard InChI is InChI=1S/C24H23N3O5S3/c1-34(29,30)26-14-13-19-20(15-25)24(33-21(19)16-26)27(35(2,31)32)23(28)22(17-9-5-3-6-10-17)18-11-7-4-8-12-18/h3-12,22H,13-14,16H2,1-2H3. The number of carbonyl (C=O) groups excluding carboxylic acids is 1. The molecule has 1 aliphatic heterocycles. The Morgan fingerprint density at radius 3 is 2.00 bits per heavy atom. The fourth-order valence-corrected chi connectivity index (χ4v) is 7.64. The molecule has 3 aromatic rings. The lowest BCUT2D eigenvalue weighted by atomic mass is 9.90. The fourth-order valence-electron chi connectivity index (χ4n) is 4.21. The predicted molar refractivity (Wildman–Crippen MR) is 135 cm³/mol. The summed E-state index contributed by atoms with van der Waals surface area (Å²) in [6.07, 6.45) is 2.30. The van der Waals surface area contributed by atoms with Crippen LogP contribution >= 0.6 is 11.3 Å². The number of amides is 1. The first kappa shape index (κ1) is 25.1. The Morgan fingerprint density at radius 1 is 1.00 bits per heavy atom. The lowest BCUT2D eigenvalue weighted by Crippen LogP contribution is -2.40. The Hall–Kier alpha value is -3.04. The second-order valence-corrected chi connectivity index (χ2v) is 13.2. The number of nitriles is 1. The molecule has 0 spiro atoms. The summed E-state index contributed by atoms with van der Waals surface area (Å²) in [7, 11) is -7.61. The van der Waals surface area contributed by atoms with Crippen LogP contribution < -0.4 is 4.31 Å². The molecule has 35 heavy (non-hydrogen) atoms. The molecule has 1 aliphatic rings. The number of rotatable bonds is 6. The van der Waals surface area contributed by atoms with E-state index in [1.807, 2.05) is 0 Å². The third-order valence-electron chi connectivity index (χ3n) is 5.81. The quantitative estimate of drug-likeness (QED) is 0.485. The van der Waals surface area contributed by atoms with E-state index in [2.05, 4.69) is 6.07 Å². The Bertz CT molecular complexity index is 1470. The number of sulfonamides is 2. The molecule has 1 aromatic heterocycles. The molecule has 2 aromatic carbocycles. The lowest BCUT2D eigenvalue weighted by Gasteiger charge is -2.25. The van der Waals surface area contributed by atoms with E-state index in [9.17, 15) is 26.9 Å². The van der Waals surface area contributed by atoms with Crippen LogP contribution in [-0.2, 0) is 37.8 Å². The highest BCUT2D eigenvalue weighted by atomic mass is 32.2. The highest BCUT2D eigenvalue weighted by Crippen LogP contribution is 2.42. The zero-order chi connectivity index (χ0) is 25.4.